The molecule has 0 bridgehead atoms. The number of halogens is 2. The van der Waals surface area contributed by atoms with Crippen molar-refractivity contribution in [3.8, 4) is 6.07 Å². The Hall–Kier alpha value is -2.43. The van der Waals surface area contributed by atoms with Gasteiger partial charge in [-0.15, -0.1) is 0 Å². The molecule has 6 nitrogen and oxygen atoms in total. The van der Waals surface area contributed by atoms with Crippen molar-refractivity contribution in [2.45, 2.75) is 6.43 Å². The first-order chi connectivity index (χ1) is 7.51. The summed E-state index contributed by atoms with van der Waals surface area (Å²) in [6, 6.07) is 2.05. The van der Waals surface area contributed by atoms with Crippen LogP contribution in [0.25, 0.3) is 0 Å². The normalized spacial score (nSPS) is 9.88. The molecule has 1 heterocycles. The number of hydrogen-bond acceptors (Lipinski definition) is 5. The van der Waals surface area contributed by atoms with E-state index < -0.39 is 34.0 Å². The minimum Gasteiger partial charge on any atom is -0.296 e. The molecular weight excluding hydrogens is 224 g/mol. The zero-order valence-electron chi connectivity index (χ0n) is 7.55. The second-order valence-electron chi connectivity index (χ2n) is 2.61. The average Bonchev–Trinajstić information content (AvgIpc) is 2.26. The van der Waals surface area contributed by atoms with Crippen LogP contribution in [-0.4, -0.2) is 16.2 Å². The third-order valence-electron chi connectivity index (χ3n) is 1.71. The standard InChI is InChI=1S/C8H3F2N3O3/c9-8(10)7-5(3-14)12-4(2-11)1-6(7)13(15)16/h1,3,8H. The number of rotatable bonds is 3. The molecule has 1 aromatic rings. The lowest BCUT2D eigenvalue weighted by Crippen LogP contribution is -2.05. The van der Waals surface area contributed by atoms with Crippen molar-refractivity contribution < 1.29 is 18.5 Å². The van der Waals surface area contributed by atoms with Gasteiger partial charge in [0.1, 0.15) is 23.0 Å². The second-order valence-corrected chi connectivity index (χ2v) is 2.61. The van der Waals surface area contributed by atoms with E-state index in [0.29, 0.717) is 6.07 Å². The van der Waals surface area contributed by atoms with Gasteiger partial charge in [-0.3, -0.25) is 14.9 Å². The van der Waals surface area contributed by atoms with Crippen molar-refractivity contribution in [3.63, 3.8) is 0 Å². The molecule has 0 atom stereocenters. The largest absolute Gasteiger partial charge is 0.296 e. The van der Waals surface area contributed by atoms with E-state index in [1.165, 1.54) is 6.07 Å². The molecule has 0 saturated heterocycles. The summed E-state index contributed by atoms with van der Waals surface area (Å²) in [5.41, 5.74) is -3.30. The van der Waals surface area contributed by atoms with E-state index in [0.717, 1.165) is 0 Å². The van der Waals surface area contributed by atoms with E-state index in [4.69, 9.17) is 5.26 Å². The molecule has 1 rings (SSSR count). The Kier molecular flexibility index (Phi) is 3.20. The van der Waals surface area contributed by atoms with Gasteiger partial charge >= 0.3 is 0 Å². The molecule has 8 heteroatoms. The Morgan fingerprint density at radius 3 is 2.62 bits per heavy atom. The quantitative estimate of drug-likeness (QED) is 0.443. The first-order valence-corrected chi connectivity index (χ1v) is 3.84. The van der Waals surface area contributed by atoms with Gasteiger partial charge in [-0.05, 0) is 0 Å². The van der Waals surface area contributed by atoms with Crippen LogP contribution >= 0.6 is 0 Å². The van der Waals surface area contributed by atoms with E-state index in [1.807, 2.05) is 0 Å². The highest BCUT2D eigenvalue weighted by atomic mass is 19.3. The van der Waals surface area contributed by atoms with E-state index in [2.05, 4.69) is 4.98 Å². The topological polar surface area (TPSA) is 96.9 Å². The Balaban J connectivity index is 3.61. The molecule has 0 spiro atoms. The van der Waals surface area contributed by atoms with Crippen LogP contribution < -0.4 is 0 Å². The Morgan fingerprint density at radius 2 is 2.25 bits per heavy atom. The monoisotopic (exact) mass is 227 g/mol. The number of pyridine rings is 1. The van der Waals surface area contributed by atoms with Crippen molar-refractivity contribution in [3.05, 3.63) is 33.1 Å². The van der Waals surface area contributed by atoms with Crippen molar-refractivity contribution in [1.29, 1.82) is 5.26 Å². The van der Waals surface area contributed by atoms with Gasteiger partial charge in [-0.25, -0.2) is 13.8 Å². The third-order valence-corrected chi connectivity index (χ3v) is 1.71. The Morgan fingerprint density at radius 1 is 1.62 bits per heavy atom. The SMILES string of the molecule is N#Cc1cc([N+](=O)[O-])c(C(F)F)c(C=O)n1. The Labute approximate surface area is 87.3 Å². The van der Waals surface area contributed by atoms with Gasteiger partial charge in [0.2, 0.25) is 0 Å². The van der Waals surface area contributed by atoms with Gasteiger partial charge in [0.05, 0.1) is 11.0 Å². The average molecular weight is 227 g/mol. The zero-order valence-corrected chi connectivity index (χ0v) is 7.55. The predicted molar refractivity (Wildman–Crippen MR) is 46.0 cm³/mol. The molecule has 0 aliphatic rings. The van der Waals surface area contributed by atoms with Gasteiger partial charge in [0.25, 0.3) is 12.1 Å². The minimum absolute atomic E-state index is 0.0463. The molecule has 82 valence electrons. The number of aromatic nitrogens is 1. The maximum Gasteiger partial charge on any atom is 0.283 e. The minimum atomic E-state index is -3.21. The van der Waals surface area contributed by atoms with Crippen LogP contribution in [0.15, 0.2) is 6.07 Å². The van der Waals surface area contributed by atoms with Crippen LogP contribution in [0.5, 0.6) is 0 Å². The summed E-state index contributed by atoms with van der Waals surface area (Å²) in [4.78, 5) is 23.1. The summed E-state index contributed by atoms with van der Waals surface area (Å²) < 4.78 is 25.0. The molecule has 0 radical (unpaired) electrons. The summed E-state index contributed by atoms with van der Waals surface area (Å²) in [6.07, 6.45) is -3.25. The van der Waals surface area contributed by atoms with Crippen LogP contribution in [0.3, 0.4) is 0 Å². The summed E-state index contributed by atoms with van der Waals surface area (Å²) in [6.45, 7) is 0. The lowest BCUT2D eigenvalue weighted by molar-refractivity contribution is -0.386. The first-order valence-electron chi connectivity index (χ1n) is 3.84. The molecule has 0 unspecified atom stereocenters. The fraction of sp³-hybridized carbons (Fsp3) is 0.125. The third kappa shape index (κ3) is 1.98. The second kappa shape index (κ2) is 4.39. The van der Waals surface area contributed by atoms with E-state index in [-0.39, 0.29) is 6.29 Å². The predicted octanol–water partition coefficient (Wildman–Crippen LogP) is 1.61. The Bertz CT molecular complexity index is 496. The van der Waals surface area contributed by atoms with Gasteiger partial charge in [0.15, 0.2) is 6.29 Å². The molecule has 1 aromatic heterocycles. The molecule has 0 N–H and O–H groups in total. The molecule has 0 aliphatic carbocycles. The molecular formula is C8H3F2N3O3. The first kappa shape index (κ1) is 11.6. The van der Waals surface area contributed by atoms with Crippen molar-refractivity contribution in [2.24, 2.45) is 0 Å². The smallest absolute Gasteiger partial charge is 0.283 e. The van der Waals surface area contributed by atoms with Gasteiger partial charge < -0.3 is 0 Å². The molecule has 0 aromatic carbocycles. The van der Waals surface area contributed by atoms with Gasteiger partial charge in [-0.1, -0.05) is 0 Å². The highest BCUT2D eigenvalue weighted by Gasteiger charge is 2.27. The highest BCUT2D eigenvalue weighted by molar-refractivity contribution is 5.77. The number of alkyl halides is 2. The summed E-state index contributed by atoms with van der Waals surface area (Å²) in [5.74, 6) is 0. The maximum atomic E-state index is 12.5. The number of carbonyl (C=O) groups excluding carboxylic acids is 1. The summed E-state index contributed by atoms with van der Waals surface area (Å²) >= 11 is 0. The van der Waals surface area contributed by atoms with Crippen LogP contribution in [0.4, 0.5) is 14.5 Å². The number of nitrogens with zero attached hydrogens (tertiary/aromatic N) is 3. The van der Waals surface area contributed by atoms with E-state index in [9.17, 15) is 23.7 Å². The van der Waals surface area contributed by atoms with Crippen molar-refractivity contribution >= 4 is 12.0 Å². The highest BCUT2D eigenvalue weighted by Crippen LogP contribution is 2.30. The van der Waals surface area contributed by atoms with Crippen molar-refractivity contribution in [2.75, 3.05) is 0 Å². The maximum absolute atomic E-state index is 12.5. The summed E-state index contributed by atoms with van der Waals surface area (Å²) in [5, 5.41) is 18.9. The van der Waals surface area contributed by atoms with E-state index >= 15 is 0 Å². The van der Waals surface area contributed by atoms with Gasteiger partial charge in [0, 0.05) is 0 Å². The molecule has 0 fully saturated rings. The number of nitro groups is 1. The number of aldehydes is 1. The van der Waals surface area contributed by atoms with Crippen LogP contribution in [-0.2, 0) is 0 Å². The number of nitriles is 1. The van der Waals surface area contributed by atoms with Crippen LogP contribution in [0, 0.1) is 21.4 Å². The van der Waals surface area contributed by atoms with Gasteiger partial charge in [-0.2, -0.15) is 5.26 Å². The van der Waals surface area contributed by atoms with E-state index in [1.54, 1.807) is 0 Å². The number of carbonyl (C=O) groups is 1. The molecule has 0 saturated carbocycles. The zero-order chi connectivity index (χ0) is 12.3. The fourth-order valence-electron chi connectivity index (χ4n) is 1.08. The fourth-order valence-corrected chi connectivity index (χ4v) is 1.08. The van der Waals surface area contributed by atoms with Crippen LogP contribution in [0.2, 0.25) is 0 Å². The lowest BCUT2D eigenvalue weighted by atomic mass is 10.1. The van der Waals surface area contributed by atoms with Crippen molar-refractivity contribution in [1.82, 2.24) is 4.98 Å². The molecule has 16 heavy (non-hydrogen) atoms. The van der Waals surface area contributed by atoms with Crippen LogP contribution in [0.1, 0.15) is 28.2 Å². The molecule has 0 amide bonds. The lowest BCUT2D eigenvalue weighted by Gasteiger charge is -2.04. The number of hydrogen-bond donors (Lipinski definition) is 0. The molecule has 0 aliphatic heterocycles. The summed E-state index contributed by atoms with van der Waals surface area (Å²) in [7, 11) is 0.